The second-order valence-electron chi connectivity index (χ2n) is 9.56. The molecule has 0 bridgehead atoms. The van der Waals surface area contributed by atoms with Gasteiger partial charge in [-0.1, -0.05) is 0 Å². The number of carboxylic acid groups (broad SMARTS) is 1. The molecule has 0 aliphatic rings. The van der Waals surface area contributed by atoms with Gasteiger partial charge in [-0.2, -0.15) is 0 Å². The molecule has 2 amide bonds. The molecule has 0 atom stereocenters. The summed E-state index contributed by atoms with van der Waals surface area (Å²) in [5.41, 5.74) is -1.29. The fourth-order valence-electron chi connectivity index (χ4n) is 3.18. The third kappa shape index (κ3) is 13.4. The number of alkyl carbamates (subject to hydrolysis) is 1. The van der Waals surface area contributed by atoms with Gasteiger partial charge in [0.25, 0.3) is 5.91 Å². The molecule has 40 heavy (non-hydrogen) atoms. The molecule has 2 aromatic rings. The summed E-state index contributed by atoms with van der Waals surface area (Å²) >= 11 is 0. The smallest absolute Gasteiger partial charge is 0.407 e. The van der Waals surface area contributed by atoms with E-state index in [9.17, 15) is 19.2 Å². The molecule has 13 heteroatoms. The highest BCUT2D eigenvalue weighted by atomic mass is 16.6. The third-order valence-electron chi connectivity index (χ3n) is 4.94. The summed E-state index contributed by atoms with van der Waals surface area (Å²) in [5.74, 6) is -1.46. The van der Waals surface area contributed by atoms with Crippen LogP contribution in [0.1, 0.15) is 44.0 Å². The summed E-state index contributed by atoms with van der Waals surface area (Å²) in [6, 6.07) is 5.90. The van der Waals surface area contributed by atoms with E-state index in [4.69, 9.17) is 33.2 Å². The van der Waals surface area contributed by atoms with E-state index in [1.54, 1.807) is 26.8 Å². The molecule has 3 N–H and O–H groups in total. The van der Waals surface area contributed by atoms with E-state index in [1.165, 1.54) is 18.2 Å². The summed E-state index contributed by atoms with van der Waals surface area (Å²) in [5, 5.41) is 14.5. The number of benzene rings is 1. The molecule has 0 aliphatic heterocycles. The topological polar surface area (TPSA) is 172 Å². The Labute approximate surface area is 232 Å². The molecule has 0 unspecified atom stereocenters. The predicted octanol–water partition coefficient (Wildman–Crippen LogP) is 2.34. The number of hydrogen-bond acceptors (Lipinski definition) is 10. The van der Waals surface area contributed by atoms with Crippen molar-refractivity contribution >= 4 is 28.9 Å². The van der Waals surface area contributed by atoms with Crippen molar-refractivity contribution in [2.24, 2.45) is 0 Å². The van der Waals surface area contributed by atoms with Crippen molar-refractivity contribution in [2.45, 2.75) is 39.2 Å². The maximum Gasteiger partial charge on any atom is 0.407 e. The van der Waals surface area contributed by atoms with E-state index in [1.807, 2.05) is 0 Å². The number of fused-ring (bicyclic) bond motifs is 1. The quantitative estimate of drug-likeness (QED) is 0.179. The number of ether oxygens (including phenoxy) is 5. The van der Waals surface area contributed by atoms with Crippen LogP contribution >= 0.6 is 0 Å². The Bertz CT molecular complexity index is 1160. The van der Waals surface area contributed by atoms with Gasteiger partial charge in [0.05, 0.1) is 26.4 Å². The van der Waals surface area contributed by atoms with Crippen LogP contribution in [0.3, 0.4) is 0 Å². The largest absolute Gasteiger partial charge is 0.482 e. The Morgan fingerprint density at radius 1 is 0.875 bits per heavy atom. The average Bonchev–Trinajstić information content (AvgIpc) is 2.88. The Kier molecular flexibility index (Phi) is 13.9. The van der Waals surface area contributed by atoms with Gasteiger partial charge >= 0.3 is 17.7 Å². The predicted molar refractivity (Wildman–Crippen MR) is 144 cm³/mol. The van der Waals surface area contributed by atoms with E-state index in [0.717, 1.165) is 0 Å². The third-order valence-corrected chi connectivity index (χ3v) is 4.94. The zero-order valence-corrected chi connectivity index (χ0v) is 23.1. The molecule has 0 aliphatic carbocycles. The van der Waals surface area contributed by atoms with Crippen LogP contribution in [0.15, 0.2) is 33.5 Å². The molecule has 0 saturated carbocycles. The first-order valence-electron chi connectivity index (χ1n) is 13.0. The maximum atomic E-state index is 12.4. The van der Waals surface area contributed by atoms with Crippen LogP contribution in [0, 0.1) is 0 Å². The van der Waals surface area contributed by atoms with Crippen molar-refractivity contribution in [1.82, 2.24) is 10.6 Å². The lowest BCUT2D eigenvalue weighted by molar-refractivity contribution is -0.139. The highest BCUT2D eigenvalue weighted by molar-refractivity contribution is 5.96. The van der Waals surface area contributed by atoms with Crippen LogP contribution in [-0.2, 0) is 23.7 Å². The van der Waals surface area contributed by atoms with Gasteiger partial charge in [0.2, 0.25) is 0 Å². The van der Waals surface area contributed by atoms with E-state index in [2.05, 4.69) is 10.6 Å². The van der Waals surface area contributed by atoms with Crippen molar-refractivity contribution in [3.8, 4) is 5.75 Å². The lowest BCUT2D eigenvalue weighted by Gasteiger charge is -2.19. The van der Waals surface area contributed by atoms with Gasteiger partial charge in [-0.05, 0) is 51.8 Å². The fourth-order valence-corrected chi connectivity index (χ4v) is 3.18. The number of amides is 2. The number of carbonyl (C=O) groups is 3. The van der Waals surface area contributed by atoms with Crippen molar-refractivity contribution in [2.75, 3.05) is 59.3 Å². The molecule has 0 saturated heterocycles. The molecule has 2 rings (SSSR count). The van der Waals surface area contributed by atoms with Gasteiger partial charge in [0, 0.05) is 37.8 Å². The number of carbonyl (C=O) groups excluding carboxylic acids is 2. The normalized spacial score (nSPS) is 11.3. The zero-order chi connectivity index (χ0) is 29.4. The lowest BCUT2D eigenvalue weighted by atomic mass is 10.1. The van der Waals surface area contributed by atoms with Crippen LogP contribution in [-0.4, -0.2) is 88.0 Å². The number of rotatable bonds is 18. The van der Waals surface area contributed by atoms with E-state index in [0.29, 0.717) is 71.0 Å². The minimum absolute atomic E-state index is 0.137. The molecule has 1 heterocycles. The summed E-state index contributed by atoms with van der Waals surface area (Å²) in [4.78, 5) is 46.8. The minimum Gasteiger partial charge on any atom is -0.482 e. The van der Waals surface area contributed by atoms with Crippen molar-refractivity contribution in [3.63, 3.8) is 0 Å². The van der Waals surface area contributed by atoms with Gasteiger partial charge in [0.1, 0.15) is 22.5 Å². The Balaban J connectivity index is 1.50. The second-order valence-corrected chi connectivity index (χ2v) is 9.56. The Hall–Kier alpha value is -3.68. The van der Waals surface area contributed by atoms with Crippen molar-refractivity contribution in [3.05, 3.63) is 40.2 Å². The Morgan fingerprint density at radius 2 is 1.48 bits per heavy atom. The summed E-state index contributed by atoms with van der Waals surface area (Å²) in [6.07, 6.45) is 0.755. The van der Waals surface area contributed by atoms with Gasteiger partial charge in [-0.15, -0.1) is 0 Å². The summed E-state index contributed by atoms with van der Waals surface area (Å²) in [6.45, 7) is 8.19. The molecule has 0 spiro atoms. The fraction of sp³-hybridized carbons (Fsp3) is 0.556. The summed E-state index contributed by atoms with van der Waals surface area (Å²) < 4.78 is 31.7. The van der Waals surface area contributed by atoms with Crippen molar-refractivity contribution < 1.29 is 47.6 Å². The molecule has 13 nitrogen and oxygen atoms in total. The lowest BCUT2D eigenvalue weighted by Crippen LogP contribution is -2.33. The van der Waals surface area contributed by atoms with Crippen molar-refractivity contribution in [1.29, 1.82) is 0 Å². The van der Waals surface area contributed by atoms with Crippen LogP contribution in [0.5, 0.6) is 5.75 Å². The van der Waals surface area contributed by atoms with E-state index >= 15 is 0 Å². The number of nitrogens with one attached hydrogen (secondary N) is 2. The van der Waals surface area contributed by atoms with Crippen LogP contribution < -0.4 is 21.0 Å². The van der Waals surface area contributed by atoms with Crippen LogP contribution in [0.2, 0.25) is 0 Å². The maximum absolute atomic E-state index is 12.4. The molecular formula is C27H38N2O11. The van der Waals surface area contributed by atoms with Gasteiger partial charge in [0.15, 0.2) is 6.61 Å². The van der Waals surface area contributed by atoms with Gasteiger partial charge in [-0.3, -0.25) is 4.79 Å². The standard InChI is InChI=1S/C27H38N2O11/c1-27(2,3)40-26(34)29-9-5-11-36-13-15-37-14-12-35-10-4-8-28-24(32)21-16-19-6-7-20(38-18-23(30)31)17-22(19)39-25(21)33/h6-7,16-17H,4-5,8-15,18H2,1-3H3,(H,28,32)(H,29,34)(H,30,31). The Morgan fingerprint density at radius 3 is 2.08 bits per heavy atom. The molecule has 1 aromatic carbocycles. The molecule has 1 aromatic heterocycles. The molecule has 222 valence electrons. The zero-order valence-electron chi connectivity index (χ0n) is 23.1. The highest BCUT2D eigenvalue weighted by Crippen LogP contribution is 2.20. The number of carboxylic acids is 1. The second kappa shape index (κ2) is 17.1. The van der Waals surface area contributed by atoms with Gasteiger partial charge in [-0.25, -0.2) is 14.4 Å². The van der Waals surface area contributed by atoms with E-state index < -0.39 is 35.8 Å². The monoisotopic (exact) mass is 566 g/mol. The number of hydrogen-bond donors (Lipinski definition) is 3. The molecule has 0 radical (unpaired) electrons. The van der Waals surface area contributed by atoms with E-state index in [-0.39, 0.29) is 16.9 Å². The minimum atomic E-state index is -1.13. The first-order valence-corrected chi connectivity index (χ1v) is 13.0. The average molecular weight is 567 g/mol. The number of aliphatic carboxylic acids is 1. The SMILES string of the molecule is CC(C)(C)OC(=O)NCCCOCCOCCOCCCNC(=O)c1cc2ccc(OCC(=O)O)cc2oc1=O. The van der Waals surface area contributed by atoms with Gasteiger partial charge < -0.3 is 43.8 Å². The summed E-state index contributed by atoms with van der Waals surface area (Å²) in [7, 11) is 0. The molecular weight excluding hydrogens is 528 g/mol. The van der Waals surface area contributed by atoms with Crippen LogP contribution in [0.25, 0.3) is 11.0 Å². The first kappa shape index (κ1) is 32.5. The molecule has 0 fully saturated rings. The first-order chi connectivity index (χ1) is 19.0. The highest BCUT2D eigenvalue weighted by Gasteiger charge is 2.16. The van der Waals surface area contributed by atoms with Crippen LogP contribution in [0.4, 0.5) is 4.79 Å².